The molecule has 0 bridgehead atoms. The number of nitriles is 1. The van der Waals surface area contributed by atoms with Crippen molar-refractivity contribution < 1.29 is 20.1 Å². The molecule has 0 atom stereocenters. The number of para-hydroxylation sites is 2. The Morgan fingerprint density at radius 1 is 0.729 bits per heavy atom. The molecule has 0 amide bonds. The zero-order chi connectivity index (χ0) is 40.6. The van der Waals surface area contributed by atoms with E-state index in [1.807, 2.05) is 18.2 Å². The molecule has 59 heavy (non-hydrogen) atoms. The van der Waals surface area contributed by atoms with E-state index in [2.05, 4.69) is 194 Å². The van der Waals surface area contributed by atoms with Gasteiger partial charge >= 0.3 is 136 Å². The van der Waals surface area contributed by atoms with Gasteiger partial charge in [0.25, 0.3) is 0 Å². The Morgan fingerprint density at radius 3 is 2.10 bits per heavy atom. The van der Waals surface area contributed by atoms with Crippen LogP contribution in [0.4, 0.5) is 0 Å². The second kappa shape index (κ2) is 17.1. The maximum Gasteiger partial charge on any atom is 0.0774 e. The Kier molecular flexibility index (Phi) is 12.1. The Morgan fingerprint density at radius 2 is 1.41 bits per heavy atom. The number of fused-ring (bicyclic) bond motifs is 4. The summed E-state index contributed by atoms with van der Waals surface area (Å²) in [5.74, 6) is 8.77. The third kappa shape index (κ3) is 8.41. The van der Waals surface area contributed by atoms with E-state index in [4.69, 9.17) is 10.2 Å². The van der Waals surface area contributed by atoms with Gasteiger partial charge in [0.05, 0.1) is 16.9 Å². The smallest absolute Gasteiger partial charge is 0.0774 e. The Labute approximate surface area is 365 Å². The summed E-state index contributed by atoms with van der Waals surface area (Å²) in [7, 11) is 0. The molecule has 6 heteroatoms. The summed E-state index contributed by atoms with van der Waals surface area (Å²) in [5.41, 5.74) is 15.8. The molecule has 0 fully saturated rings. The van der Waals surface area contributed by atoms with Gasteiger partial charge in [-0.3, -0.25) is 4.98 Å². The first-order chi connectivity index (χ1) is 27.9. The summed E-state index contributed by atoms with van der Waals surface area (Å²) in [6.07, 6.45) is 3.17. The van der Waals surface area contributed by atoms with E-state index >= 15 is 0 Å². The van der Waals surface area contributed by atoms with E-state index in [1.165, 1.54) is 43.3 Å². The summed E-state index contributed by atoms with van der Waals surface area (Å²) < 4.78 is 3.75. The molecule has 9 rings (SSSR count). The van der Waals surface area contributed by atoms with Crippen molar-refractivity contribution in [1.29, 1.82) is 5.26 Å². The van der Waals surface area contributed by atoms with Crippen molar-refractivity contribution >= 4 is 28.7 Å². The predicted molar refractivity (Wildman–Crippen MR) is 243 cm³/mol. The summed E-state index contributed by atoms with van der Waals surface area (Å²) in [6, 6.07) is 57.4. The van der Waals surface area contributed by atoms with Crippen LogP contribution in [0.1, 0.15) is 49.9 Å². The standard InChI is InChI=1S/C34H25N2.C19H23GeN2.Ir/c1-34(2)29-13-7-6-12-27(29)28-22-25(18-21-30(28)34)33-35-31-14-8-9-15-32(31)36(33)26-19-16-24(17-20-26)23-10-4-3-5-11-23;1-14(2)10-17-11-19(22-13-18(17)20(3,4)5)16-8-6-15(12-21)7-9-16;/h3-17,19-22H,1-2H3;6-8,11,13-14H,10H2,1-5H3;/q2*-1;. The van der Waals surface area contributed by atoms with Gasteiger partial charge in [-0.1, -0.05) is 98.3 Å². The predicted octanol–water partition coefficient (Wildman–Crippen LogP) is 12.6. The maximum absolute atomic E-state index is 8.89. The Hall–Kier alpha value is -5.38. The van der Waals surface area contributed by atoms with Crippen molar-refractivity contribution in [2.75, 3.05) is 0 Å². The fraction of sp³-hybridized carbons (Fsp3) is 0.189. The number of imidazole rings is 1. The molecule has 0 spiro atoms. The van der Waals surface area contributed by atoms with Gasteiger partial charge in [0.1, 0.15) is 0 Å². The molecule has 0 saturated heterocycles. The van der Waals surface area contributed by atoms with Crippen LogP contribution in [-0.2, 0) is 31.9 Å². The first-order valence-corrected chi connectivity index (χ1v) is 27.5. The molecule has 4 nitrogen and oxygen atoms in total. The van der Waals surface area contributed by atoms with Crippen LogP contribution in [-0.4, -0.2) is 27.8 Å². The first kappa shape index (κ1) is 41.8. The summed E-state index contributed by atoms with van der Waals surface area (Å²) in [4.78, 5) is 9.76. The van der Waals surface area contributed by atoms with Gasteiger partial charge in [-0.15, -0.1) is 29.3 Å². The maximum atomic E-state index is 8.89. The van der Waals surface area contributed by atoms with E-state index < -0.39 is 13.3 Å². The zero-order valence-electron chi connectivity index (χ0n) is 34.8. The van der Waals surface area contributed by atoms with Crippen LogP contribution in [0.5, 0.6) is 0 Å². The summed E-state index contributed by atoms with van der Waals surface area (Å²) in [5, 5.41) is 8.89. The van der Waals surface area contributed by atoms with E-state index in [-0.39, 0.29) is 25.5 Å². The number of rotatable bonds is 7. The number of benzene rings is 6. The van der Waals surface area contributed by atoms with Crippen molar-refractivity contribution in [2.45, 2.75) is 56.8 Å². The van der Waals surface area contributed by atoms with Crippen LogP contribution < -0.4 is 4.40 Å². The van der Waals surface area contributed by atoms with Crippen molar-refractivity contribution in [3.8, 4) is 56.7 Å². The van der Waals surface area contributed by atoms with E-state index in [0.29, 0.717) is 11.5 Å². The third-order valence-electron chi connectivity index (χ3n) is 11.2. The van der Waals surface area contributed by atoms with Crippen LogP contribution in [0.3, 0.4) is 0 Å². The van der Waals surface area contributed by atoms with Crippen LogP contribution >= 0.6 is 0 Å². The Bertz CT molecular complexity index is 2790. The molecule has 6 aromatic carbocycles. The molecule has 295 valence electrons. The van der Waals surface area contributed by atoms with Gasteiger partial charge in [-0.2, -0.15) is 0 Å². The molecule has 1 radical (unpaired) electrons. The molecule has 1 aliphatic carbocycles. The zero-order valence-corrected chi connectivity index (χ0v) is 39.3. The Balaban J connectivity index is 0.000000199. The molecule has 8 aromatic rings. The molecule has 0 aliphatic heterocycles. The molecule has 2 aromatic heterocycles. The van der Waals surface area contributed by atoms with Crippen molar-refractivity contribution in [3.63, 3.8) is 0 Å². The fourth-order valence-electron chi connectivity index (χ4n) is 8.25. The first-order valence-electron chi connectivity index (χ1n) is 20.1. The van der Waals surface area contributed by atoms with Crippen molar-refractivity contribution in [1.82, 2.24) is 14.5 Å². The van der Waals surface area contributed by atoms with E-state index in [9.17, 15) is 0 Å². The summed E-state index contributed by atoms with van der Waals surface area (Å²) in [6.45, 7) is 9.12. The average Bonchev–Trinajstić information content (AvgIpc) is 3.73. The molecule has 0 unspecified atom stereocenters. The SMILES string of the molecule is CC(C)Cc1cc(-c2[c-]cc(C#N)cc2)nc[c]1[Ge]([CH3])([CH3])[CH3].CC1(C)c2c[c-]c(-c3nc4ccccc4n3-c3ccc(-c4ccccc4)cc3)cc2-c2ccccc21.[Ir]. The normalized spacial score (nSPS) is 12.5. The van der Waals surface area contributed by atoms with Gasteiger partial charge in [-0.25, -0.2) is 0 Å². The van der Waals surface area contributed by atoms with Crippen molar-refractivity contribution in [3.05, 3.63) is 180 Å². The van der Waals surface area contributed by atoms with E-state index in [1.54, 1.807) is 6.07 Å². The molecular weight excluding hydrogens is 957 g/mol. The number of hydrogen-bond donors (Lipinski definition) is 0. The summed E-state index contributed by atoms with van der Waals surface area (Å²) >= 11 is -1.92. The van der Waals surface area contributed by atoms with Gasteiger partial charge in [0.15, 0.2) is 0 Å². The second-order valence-corrected chi connectivity index (χ2v) is 27.8. The topological polar surface area (TPSA) is 54.5 Å². The largest absolute Gasteiger partial charge is 0.333 e. The van der Waals surface area contributed by atoms with Crippen LogP contribution in [0.2, 0.25) is 17.3 Å². The minimum Gasteiger partial charge on any atom is -0.333 e. The monoisotopic (exact) mass is 1010 g/mol. The van der Waals surface area contributed by atoms with Gasteiger partial charge in [-0.05, 0) is 51.9 Å². The third-order valence-corrected chi connectivity index (χ3v) is 15.5. The molecular formula is C53H48GeIrN4-2. The van der Waals surface area contributed by atoms with Crippen molar-refractivity contribution in [2.24, 2.45) is 5.92 Å². The van der Waals surface area contributed by atoms with Crippen LogP contribution in [0, 0.1) is 29.4 Å². The number of pyridine rings is 1. The molecule has 1 aliphatic rings. The van der Waals surface area contributed by atoms with Gasteiger partial charge in [0.2, 0.25) is 0 Å². The molecule has 0 N–H and O–H groups in total. The van der Waals surface area contributed by atoms with E-state index in [0.717, 1.165) is 45.8 Å². The fourth-order valence-corrected chi connectivity index (χ4v) is 11.6. The number of nitrogens with zero attached hydrogens (tertiary/aromatic N) is 4. The number of aromatic nitrogens is 3. The minimum absolute atomic E-state index is 0. The second-order valence-electron chi connectivity index (χ2n) is 17.2. The molecule has 0 saturated carbocycles. The van der Waals surface area contributed by atoms with Crippen LogP contribution in [0.15, 0.2) is 146 Å². The van der Waals surface area contributed by atoms with Gasteiger partial charge < -0.3 is 4.57 Å². The van der Waals surface area contributed by atoms with Gasteiger partial charge in [0, 0.05) is 25.8 Å². The molecule has 2 heterocycles. The number of hydrogen-bond acceptors (Lipinski definition) is 3. The minimum atomic E-state index is -1.92. The quantitative estimate of drug-likeness (QED) is 0.118. The average molecular weight is 1010 g/mol. The van der Waals surface area contributed by atoms with Crippen LogP contribution in [0.25, 0.3) is 61.6 Å².